The maximum Gasteiger partial charge on any atom is 0.229 e. The standard InChI is InChI=1S/C24H27F2N3O3S2.ClH/c1-31-18-3-5-19(6-4-18)33-14-7-22(30)29(9-2-8-28-10-12-32-13-11-28)24-27-23-20(26)15-17(25)16-21(23)34-24;/h3-6,15-16H,2,7-14H2,1H3;1H. The van der Waals surface area contributed by atoms with Gasteiger partial charge in [-0.1, -0.05) is 11.3 Å². The fraction of sp³-hybridized carbons (Fsp3) is 0.417. The van der Waals surface area contributed by atoms with Crippen molar-refractivity contribution < 1.29 is 23.0 Å². The Morgan fingerprint density at radius 2 is 1.97 bits per heavy atom. The first kappa shape index (κ1) is 27.6. The Hall–Kier alpha value is -1.98. The smallest absolute Gasteiger partial charge is 0.229 e. The summed E-state index contributed by atoms with van der Waals surface area (Å²) in [7, 11) is 1.62. The van der Waals surface area contributed by atoms with Gasteiger partial charge in [0, 0.05) is 49.3 Å². The summed E-state index contributed by atoms with van der Waals surface area (Å²) in [5.41, 5.74) is 0.0972. The van der Waals surface area contributed by atoms with Crippen LogP contribution in [0.5, 0.6) is 5.75 Å². The Labute approximate surface area is 218 Å². The molecule has 1 fully saturated rings. The van der Waals surface area contributed by atoms with Crippen molar-refractivity contribution in [1.29, 1.82) is 0 Å². The van der Waals surface area contributed by atoms with Crippen molar-refractivity contribution in [2.45, 2.75) is 17.7 Å². The second-order valence-electron chi connectivity index (χ2n) is 7.86. The predicted octanol–water partition coefficient (Wildman–Crippen LogP) is 5.24. The number of halogens is 3. The van der Waals surface area contributed by atoms with E-state index in [2.05, 4.69) is 9.88 Å². The number of carbonyl (C=O) groups is 1. The van der Waals surface area contributed by atoms with Gasteiger partial charge in [-0.05, 0) is 36.8 Å². The molecule has 2 aromatic carbocycles. The highest BCUT2D eigenvalue weighted by Gasteiger charge is 2.22. The molecule has 0 spiro atoms. The zero-order valence-corrected chi connectivity index (χ0v) is 21.8. The lowest BCUT2D eigenvalue weighted by Gasteiger charge is -2.27. The number of rotatable bonds is 10. The molecule has 2 heterocycles. The van der Waals surface area contributed by atoms with Crippen LogP contribution in [-0.2, 0) is 9.53 Å². The van der Waals surface area contributed by atoms with Gasteiger partial charge in [0.1, 0.15) is 17.1 Å². The van der Waals surface area contributed by atoms with Crippen molar-refractivity contribution in [3.8, 4) is 5.75 Å². The molecule has 0 radical (unpaired) electrons. The fourth-order valence-electron chi connectivity index (χ4n) is 3.73. The van der Waals surface area contributed by atoms with Gasteiger partial charge >= 0.3 is 0 Å². The molecular formula is C24H28ClF2N3O3S2. The minimum absolute atomic E-state index is 0. The summed E-state index contributed by atoms with van der Waals surface area (Å²) in [6.07, 6.45) is 1.06. The van der Waals surface area contributed by atoms with Gasteiger partial charge in [-0.3, -0.25) is 14.6 Å². The van der Waals surface area contributed by atoms with E-state index in [0.29, 0.717) is 41.8 Å². The number of hydrogen-bond donors (Lipinski definition) is 0. The fourth-order valence-corrected chi connectivity index (χ4v) is 5.62. The third kappa shape index (κ3) is 7.50. The van der Waals surface area contributed by atoms with Gasteiger partial charge in [-0.15, -0.1) is 24.2 Å². The summed E-state index contributed by atoms with van der Waals surface area (Å²) in [4.78, 5) is 22.5. The van der Waals surface area contributed by atoms with Crippen LogP contribution in [0.1, 0.15) is 12.8 Å². The zero-order valence-electron chi connectivity index (χ0n) is 19.4. The van der Waals surface area contributed by atoms with E-state index in [1.807, 2.05) is 24.3 Å². The number of thioether (sulfide) groups is 1. The lowest BCUT2D eigenvalue weighted by Crippen LogP contribution is -2.39. The molecule has 0 N–H and O–H groups in total. The largest absolute Gasteiger partial charge is 0.497 e. The second-order valence-corrected chi connectivity index (χ2v) is 10.0. The highest BCUT2D eigenvalue weighted by atomic mass is 35.5. The summed E-state index contributed by atoms with van der Waals surface area (Å²) in [6.45, 7) is 4.48. The van der Waals surface area contributed by atoms with Crippen molar-refractivity contribution in [2.75, 3.05) is 57.2 Å². The summed E-state index contributed by atoms with van der Waals surface area (Å²) < 4.78 is 38.9. The van der Waals surface area contributed by atoms with E-state index in [0.717, 1.165) is 54.1 Å². The number of nitrogens with zero attached hydrogens (tertiary/aromatic N) is 3. The number of morpholine rings is 1. The number of anilines is 1. The Kier molecular flexibility index (Phi) is 10.5. The van der Waals surface area contributed by atoms with Gasteiger partial charge in [0.15, 0.2) is 10.9 Å². The van der Waals surface area contributed by atoms with Crippen molar-refractivity contribution in [1.82, 2.24) is 9.88 Å². The number of hydrogen-bond acceptors (Lipinski definition) is 7. The molecule has 6 nitrogen and oxygen atoms in total. The minimum Gasteiger partial charge on any atom is -0.497 e. The topological polar surface area (TPSA) is 54.9 Å². The first-order valence-corrected chi connectivity index (χ1v) is 13.0. The van der Waals surface area contributed by atoms with Crippen LogP contribution in [0.4, 0.5) is 13.9 Å². The molecule has 1 aliphatic rings. The summed E-state index contributed by atoms with van der Waals surface area (Å²) in [5, 5.41) is 0.404. The van der Waals surface area contributed by atoms with E-state index in [1.165, 1.54) is 6.07 Å². The molecule has 1 amide bonds. The van der Waals surface area contributed by atoms with Crippen LogP contribution in [-0.4, -0.2) is 68.0 Å². The number of thiazole rings is 1. The Bertz CT molecular complexity index is 1110. The molecule has 4 rings (SSSR count). The van der Waals surface area contributed by atoms with E-state index in [4.69, 9.17) is 9.47 Å². The van der Waals surface area contributed by atoms with Crippen LogP contribution in [0.2, 0.25) is 0 Å². The number of benzene rings is 2. The van der Waals surface area contributed by atoms with Gasteiger partial charge in [0.25, 0.3) is 0 Å². The van der Waals surface area contributed by atoms with Gasteiger partial charge in [0.2, 0.25) is 5.91 Å². The van der Waals surface area contributed by atoms with Gasteiger partial charge in [-0.25, -0.2) is 13.8 Å². The summed E-state index contributed by atoms with van der Waals surface area (Å²) >= 11 is 2.73. The van der Waals surface area contributed by atoms with Crippen LogP contribution in [0.3, 0.4) is 0 Å². The van der Waals surface area contributed by atoms with E-state index < -0.39 is 11.6 Å². The van der Waals surface area contributed by atoms with Crippen LogP contribution in [0.15, 0.2) is 41.3 Å². The normalized spacial score (nSPS) is 14.0. The highest BCUT2D eigenvalue weighted by molar-refractivity contribution is 7.99. The molecule has 0 unspecified atom stereocenters. The maximum atomic E-state index is 14.2. The third-order valence-corrected chi connectivity index (χ3v) is 7.58. The Morgan fingerprint density at radius 1 is 1.23 bits per heavy atom. The number of amides is 1. The van der Waals surface area contributed by atoms with Crippen LogP contribution >= 0.6 is 35.5 Å². The minimum atomic E-state index is -0.715. The Balaban J connectivity index is 0.00000342. The number of fused-ring (bicyclic) bond motifs is 1. The van der Waals surface area contributed by atoms with Crippen LogP contribution in [0.25, 0.3) is 10.2 Å². The first-order valence-electron chi connectivity index (χ1n) is 11.2. The van der Waals surface area contributed by atoms with Gasteiger partial charge in [0.05, 0.1) is 25.0 Å². The molecule has 1 saturated heterocycles. The predicted molar refractivity (Wildman–Crippen MR) is 139 cm³/mol. The molecule has 0 bridgehead atoms. The second kappa shape index (κ2) is 13.4. The number of methoxy groups -OCH3 is 1. The van der Waals surface area contributed by atoms with Crippen molar-refractivity contribution in [2.24, 2.45) is 0 Å². The quantitative estimate of drug-likeness (QED) is 0.326. The van der Waals surface area contributed by atoms with Crippen LogP contribution < -0.4 is 9.64 Å². The number of aromatic nitrogens is 1. The molecule has 0 saturated carbocycles. The molecule has 35 heavy (non-hydrogen) atoms. The van der Waals surface area contributed by atoms with Crippen molar-refractivity contribution >= 4 is 56.8 Å². The van der Waals surface area contributed by atoms with Crippen molar-refractivity contribution in [3.05, 3.63) is 48.0 Å². The lowest BCUT2D eigenvalue weighted by molar-refractivity contribution is -0.118. The molecule has 11 heteroatoms. The average molecular weight is 544 g/mol. The van der Waals surface area contributed by atoms with E-state index >= 15 is 0 Å². The highest BCUT2D eigenvalue weighted by Crippen LogP contribution is 2.32. The first-order chi connectivity index (χ1) is 16.5. The maximum absolute atomic E-state index is 14.2. The SMILES string of the molecule is COc1ccc(SCCC(=O)N(CCCN2CCOCC2)c2nc3c(F)cc(F)cc3s2)cc1.Cl. The number of carbonyl (C=O) groups excluding carboxylic acids is 1. The Morgan fingerprint density at radius 3 is 2.69 bits per heavy atom. The zero-order chi connectivity index (χ0) is 23.9. The molecule has 190 valence electrons. The molecule has 1 aliphatic heterocycles. The molecule has 0 atom stereocenters. The lowest BCUT2D eigenvalue weighted by atomic mass is 10.3. The average Bonchev–Trinajstić information content (AvgIpc) is 3.27. The summed E-state index contributed by atoms with van der Waals surface area (Å²) in [5.74, 6) is -0.0669. The van der Waals surface area contributed by atoms with Crippen LogP contribution in [0, 0.1) is 11.6 Å². The number of ether oxygens (including phenoxy) is 2. The van der Waals surface area contributed by atoms with Gasteiger partial charge < -0.3 is 9.47 Å². The molecule has 1 aromatic heterocycles. The van der Waals surface area contributed by atoms with E-state index in [1.54, 1.807) is 23.8 Å². The van der Waals surface area contributed by atoms with Gasteiger partial charge in [-0.2, -0.15) is 0 Å². The summed E-state index contributed by atoms with van der Waals surface area (Å²) in [6, 6.07) is 9.77. The molecule has 3 aromatic rings. The third-order valence-electron chi connectivity index (χ3n) is 5.54. The van der Waals surface area contributed by atoms with E-state index in [9.17, 15) is 13.6 Å². The van der Waals surface area contributed by atoms with Crippen molar-refractivity contribution in [3.63, 3.8) is 0 Å². The molecular weight excluding hydrogens is 516 g/mol. The monoisotopic (exact) mass is 543 g/mol. The van der Waals surface area contributed by atoms with E-state index in [-0.39, 0.29) is 23.8 Å². The molecule has 0 aliphatic carbocycles.